The van der Waals surface area contributed by atoms with Gasteiger partial charge in [-0.1, -0.05) is 32.9 Å². The molecule has 1 heterocycles. The second kappa shape index (κ2) is 8.39. The van der Waals surface area contributed by atoms with Crippen molar-refractivity contribution < 1.29 is 23.9 Å². The third-order valence-electron chi connectivity index (χ3n) is 4.82. The first-order chi connectivity index (χ1) is 13.8. The van der Waals surface area contributed by atoms with E-state index in [1.165, 1.54) is 12.1 Å². The second-order valence-corrected chi connectivity index (χ2v) is 7.39. The number of amides is 2. The van der Waals surface area contributed by atoms with Gasteiger partial charge in [0.1, 0.15) is 11.8 Å². The topological polar surface area (TPSA) is 80.8 Å². The van der Waals surface area contributed by atoms with E-state index in [-0.39, 0.29) is 23.9 Å². The molecule has 6 nitrogen and oxygen atoms in total. The van der Waals surface area contributed by atoms with E-state index in [0.29, 0.717) is 23.1 Å². The molecule has 0 saturated carbocycles. The van der Waals surface area contributed by atoms with E-state index >= 15 is 0 Å². The van der Waals surface area contributed by atoms with E-state index in [2.05, 4.69) is 0 Å². The Morgan fingerprint density at radius 1 is 0.931 bits per heavy atom. The fourth-order valence-electron chi connectivity index (χ4n) is 3.34. The summed E-state index contributed by atoms with van der Waals surface area (Å²) < 4.78 is 5.46. The van der Waals surface area contributed by atoms with E-state index in [4.69, 9.17) is 4.74 Å². The number of imide groups is 1. The molecule has 0 unspecified atom stereocenters. The fourth-order valence-corrected chi connectivity index (χ4v) is 3.34. The normalized spacial score (nSPS) is 14.1. The Kier molecular flexibility index (Phi) is 5.92. The summed E-state index contributed by atoms with van der Waals surface area (Å²) in [5.41, 5.74) is 1.12. The molecule has 1 aliphatic rings. The van der Waals surface area contributed by atoms with Crippen molar-refractivity contribution in [2.45, 2.75) is 39.7 Å². The van der Waals surface area contributed by atoms with Crippen LogP contribution in [0.15, 0.2) is 48.5 Å². The Labute approximate surface area is 169 Å². The van der Waals surface area contributed by atoms with Crippen LogP contribution >= 0.6 is 0 Å². The molecule has 0 saturated heterocycles. The number of esters is 1. The van der Waals surface area contributed by atoms with Crippen LogP contribution in [0.1, 0.15) is 64.7 Å². The van der Waals surface area contributed by atoms with Gasteiger partial charge < -0.3 is 4.74 Å². The molecule has 1 atom stereocenters. The molecule has 0 bridgehead atoms. The maximum atomic E-state index is 12.9. The molecule has 29 heavy (non-hydrogen) atoms. The van der Waals surface area contributed by atoms with E-state index in [1.807, 2.05) is 13.8 Å². The minimum absolute atomic E-state index is 0.00779. The Hall–Kier alpha value is -3.28. The number of Topliss-reactive ketones (excluding diaryl/α,β-unsaturated/α-hetero) is 1. The monoisotopic (exact) mass is 393 g/mol. The fraction of sp³-hybridized carbons (Fsp3) is 0.304. The molecule has 2 amide bonds. The van der Waals surface area contributed by atoms with Crippen LogP contribution in [-0.2, 0) is 4.79 Å². The zero-order chi connectivity index (χ0) is 21.1. The Morgan fingerprint density at radius 3 is 1.97 bits per heavy atom. The molecule has 150 valence electrons. The molecule has 0 aromatic heterocycles. The maximum Gasteiger partial charge on any atom is 0.334 e. The highest BCUT2D eigenvalue weighted by Crippen LogP contribution is 2.28. The van der Waals surface area contributed by atoms with Gasteiger partial charge in [-0.25, -0.2) is 4.79 Å². The van der Waals surface area contributed by atoms with Gasteiger partial charge in [0.2, 0.25) is 0 Å². The summed E-state index contributed by atoms with van der Waals surface area (Å²) in [6.07, 6.45) is 0.673. The number of rotatable bonds is 7. The molecule has 2 aromatic carbocycles. The van der Waals surface area contributed by atoms with Crippen LogP contribution in [0.2, 0.25) is 0 Å². The number of ether oxygens (including phenoxy) is 1. The lowest BCUT2D eigenvalue weighted by Crippen LogP contribution is -2.47. The van der Waals surface area contributed by atoms with Gasteiger partial charge in [0.15, 0.2) is 5.78 Å². The van der Waals surface area contributed by atoms with Gasteiger partial charge in [0, 0.05) is 12.0 Å². The number of hydrogen-bond donors (Lipinski definition) is 0. The third-order valence-corrected chi connectivity index (χ3v) is 4.82. The summed E-state index contributed by atoms with van der Waals surface area (Å²) in [4.78, 5) is 51.3. The standard InChI is InChI=1S/C23H23NO5/c1-4-20(25)15-9-11-16(12-10-15)29-23(28)19(13-14(2)3)24-21(26)17-7-5-6-8-18(17)22(24)27/h5-12,14,19H,4,13H2,1-3H3/t19-/m1/s1. The van der Waals surface area contributed by atoms with Crippen LogP contribution in [0.4, 0.5) is 0 Å². The van der Waals surface area contributed by atoms with Gasteiger partial charge in [0.25, 0.3) is 11.8 Å². The molecule has 2 aromatic rings. The van der Waals surface area contributed by atoms with E-state index in [0.717, 1.165) is 4.90 Å². The number of carbonyl (C=O) groups is 4. The number of benzene rings is 2. The predicted octanol–water partition coefficient (Wildman–Crippen LogP) is 3.90. The lowest BCUT2D eigenvalue weighted by Gasteiger charge is -2.25. The quantitative estimate of drug-likeness (QED) is 0.308. The molecule has 0 spiro atoms. The molecule has 0 N–H and O–H groups in total. The molecule has 0 fully saturated rings. The number of carbonyl (C=O) groups excluding carboxylic acids is 4. The minimum Gasteiger partial charge on any atom is -0.425 e. The van der Waals surface area contributed by atoms with E-state index in [9.17, 15) is 19.2 Å². The van der Waals surface area contributed by atoms with Gasteiger partial charge in [-0.2, -0.15) is 0 Å². The lowest BCUT2D eigenvalue weighted by atomic mass is 10.0. The Balaban J connectivity index is 1.84. The van der Waals surface area contributed by atoms with Crippen molar-refractivity contribution in [2.75, 3.05) is 0 Å². The van der Waals surface area contributed by atoms with Crippen LogP contribution < -0.4 is 4.74 Å². The van der Waals surface area contributed by atoms with Crippen LogP contribution in [-0.4, -0.2) is 34.5 Å². The SMILES string of the molecule is CCC(=O)c1ccc(OC(=O)[C@@H](CC(C)C)N2C(=O)c3ccccc3C2=O)cc1. The molecule has 6 heteroatoms. The first kappa shape index (κ1) is 20.5. The Bertz CT molecular complexity index is 926. The average Bonchev–Trinajstić information content (AvgIpc) is 2.96. The first-order valence-corrected chi connectivity index (χ1v) is 9.65. The molecule has 3 rings (SSSR count). The van der Waals surface area contributed by atoms with Crippen molar-refractivity contribution in [3.8, 4) is 5.75 Å². The van der Waals surface area contributed by atoms with Crippen LogP contribution in [0.25, 0.3) is 0 Å². The largest absolute Gasteiger partial charge is 0.425 e. The van der Waals surface area contributed by atoms with Crippen LogP contribution in [0.3, 0.4) is 0 Å². The summed E-state index contributed by atoms with van der Waals surface area (Å²) in [7, 11) is 0. The minimum atomic E-state index is -1.03. The van der Waals surface area contributed by atoms with Gasteiger partial charge in [-0.15, -0.1) is 0 Å². The summed E-state index contributed by atoms with van der Waals surface area (Å²) in [6.45, 7) is 5.59. The lowest BCUT2D eigenvalue weighted by molar-refractivity contribution is -0.139. The predicted molar refractivity (Wildman–Crippen MR) is 107 cm³/mol. The highest BCUT2D eigenvalue weighted by atomic mass is 16.5. The Morgan fingerprint density at radius 2 is 1.48 bits per heavy atom. The molecule has 0 radical (unpaired) electrons. The molecular weight excluding hydrogens is 370 g/mol. The van der Waals surface area contributed by atoms with Crippen LogP contribution in [0.5, 0.6) is 5.75 Å². The number of hydrogen-bond acceptors (Lipinski definition) is 5. The van der Waals surface area contributed by atoms with Gasteiger partial charge in [0.05, 0.1) is 11.1 Å². The summed E-state index contributed by atoms with van der Waals surface area (Å²) in [6, 6.07) is 11.8. The van der Waals surface area contributed by atoms with Crippen molar-refractivity contribution in [3.63, 3.8) is 0 Å². The highest BCUT2D eigenvalue weighted by molar-refractivity contribution is 6.22. The molecule has 1 aliphatic heterocycles. The number of fused-ring (bicyclic) bond motifs is 1. The summed E-state index contributed by atoms with van der Waals surface area (Å²) in [5, 5.41) is 0. The number of nitrogens with zero attached hydrogens (tertiary/aromatic N) is 1. The maximum absolute atomic E-state index is 12.9. The third kappa shape index (κ3) is 4.11. The van der Waals surface area contributed by atoms with Gasteiger partial charge in [-0.05, 0) is 48.7 Å². The zero-order valence-electron chi connectivity index (χ0n) is 16.7. The second-order valence-electron chi connectivity index (χ2n) is 7.39. The van der Waals surface area contributed by atoms with E-state index < -0.39 is 23.8 Å². The zero-order valence-corrected chi connectivity index (χ0v) is 16.7. The average molecular weight is 393 g/mol. The summed E-state index contributed by atoms with van der Waals surface area (Å²) >= 11 is 0. The summed E-state index contributed by atoms with van der Waals surface area (Å²) in [5.74, 6) is -1.35. The van der Waals surface area contributed by atoms with Crippen molar-refractivity contribution in [3.05, 3.63) is 65.2 Å². The van der Waals surface area contributed by atoms with Crippen LogP contribution in [0, 0.1) is 5.92 Å². The first-order valence-electron chi connectivity index (χ1n) is 9.65. The van der Waals surface area contributed by atoms with Crippen molar-refractivity contribution >= 4 is 23.6 Å². The molecular formula is C23H23NO5. The smallest absolute Gasteiger partial charge is 0.334 e. The van der Waals surface area contributed by atoms with Crippen molar-refractivity contribution in [2.24, 2.45) is 5.92 Å². The molecule has 0 aliphatic carbocycles. The number of ketones is 1. The van der Waals surface area contributed by atoms with Crippen molar-refractivity contribution in [1.82, 2.24) is 4.90 Å². The van der Waals surface area contributed by atoms with Gasteiger partial charge >= 0.3 is 5.97 Å². The highest BCUT2D eigenvalue weighted by Gasteiger charge is 2.43. The van der Waals surface area contributed by atoms with Crippen molar-refractivity contribution in [1.29, 1.82) is 0 Å². The van der Waals surface area contributed by atoms with E-state index in [1.54, 1.807) is 43.3 Å². The van der Waals surface area contributed by atoms with Gasteiger partial charge in [-0.3, -0.25) is 19.3 Å².